The quantitative estimate of drug-likeness (QED) is 0.864. The van der Waals surface area contributed by atoms with Gasteiger partial charge in [-0.1, -0.05) is 19.1 Å². The van der Waals surface area contributed by atoms with Crippen molar-refractivity contribution < 1.29 is 4.39 Å². The van der Waals surface area contributed by atoms with E-state index in [1.165, 1.54) is 6.07 Å². The second-order valence-corrected chi connectivity index (χ2v) is 5.51. The minimum atomic E-state index is -0.174. The minimum absolute atomic E-state index is 0.165. The number of nitrogens with zero attached hydrogens (tertiary/aromatic N) is 1. The predicted octanol–water partition coefficient (Wildman–Crippen LogP) is 4.12. The van der Waals surface area contributed by atoms with Gasteiger partial charge in [0.15, 0.2) is 0 Å². The van der Waals surface area contributed by atoms with E-state index in [0.29, 0.717) is 0 Å². The largest absolute Gasteiger partial charge is 0.310 e. The molecule has 0 aliphatic carbocycles. The Bertz CT molecular complexity index is 578. The molecular formula is C18H23FN2. The molecule has 0 bridgehead atoms. The summed E-state index contributed by atoms with van der Waals surface area (Å²) in [6.07, 6.45) is 3.75. The summed E-state index contributed by atoms with van der Waals surface area (Å²) in [4.78, 5) is 4.38. The van der Waals surface area contributed by atoms with Crippen LogP contribution in [0.2, 0.25) is 0 Å². The lowest BCUT2D eigenvalue weighted by atomic mass is 9.96. The summed E-state index contributed by atoms with van der Waals surface area (Å²) in [5.41, 5.74) is 4.33. The van der Waals surface area contributed by atoms with E-state index < -0.39 is 0 Å². The number of aromatic nitrogens is 1. The van der Waals surface area contributed by atoms with Gasteiger partial charge in [-0.05, 0) is 68.1 Å². The normalized spacial score (nSPS) is 12.4. The molecule has 1 aromatic heterocycles. The minimum Gasteiger partial charge on any atom is -0.310 e. The number of aryl methyl sites for hydroxylation is 2. The lowest BCUT2D eigenvalue weighted by Gasteiger charge is -2.20. The number of hydrogen-bond donors (Lipinski definition) is 1. The van der Waals surface area contributed by atoms with Gasteiger partial charge in [-0.25, -0.2) is 4.39 Å². The molecule has 112 valence electrons. The van der Waals surface area contributed by atoms with Gasteiger partial charge >= 0.3 is 0 Å². The molecule has 3 heteroatoms. The van der Waals surface area contributed by atoms with Crippen LogP contribution in [0.1, 0.15) is 41.8 Å². The SMILES string of the molecule is CCCNC(Cc1cc(F)ccc1C)c1ccc(C)nc1. The standard InChI is InChI=1S/C18H23FN2/c1-4-9-20-18(15-7-6-14(3)21-12-15)11-16-10-17(19)8-5-13(16)2/h5-8,10,12,18,20H,4,9,11H2,1-3H3. The maximum absolute atomic E-state index is 13.5. The summed E-state index contributed by atoms with van der Waals surface area (Å²) in [5, 5.41) is 3.54. The molecule has 2 nitrogen and oxygen atoms in total. The molecule has 1 aromatic carbocycles. The van der Waals surface area contributed by atoms with E-state index in [1.54, 1.807) is 6.07 Å². The van der Waals surface area contributed by atoms with Crippen molar-refractivity contribution in [2.24, 2.45) is 0 Å². The zero-order chi connectivity index (χ0) is 15.2. The Hall–Kier alpha value is -1.74. The van der Waals surface area contributed by atoms with Gasteiger partial charge in [0.25, 0.3) is 0 Å². The molecule has 21 heavy (non-hydrogen) atoms. The van der Waals surface area contributed by atoms with E-state index in [4.69, 9.17) is 0 Å². The molecule has 0 aliphatic heterocycles. The van der Waals surface area contributed by atoms with Crippen LogP contribution < -0.4 is 5.32 Å². The number of halogens is 1. The van der Waals surface area contributed by atoms with Gasteiger partial charge in [-0.3, -0.25) is 4.98 Å². The topological polar surface area (TPSA) is 24.9 Å². The van der Waals surface area contributed by atoms with Crippen LogP contribution >= 0.6 is 0 Å². The summed E-state index contributed by atoms with van der Waals surface area (Å²) < 4.78 is 13.5. The van der Waals surface area contributed by atoms with E-state index in [9.17, 15) is 4.39 Å². The van der Waals surface area contributed by atoms with Crippen molar-refractivity contribution in [3.63, 3.8) is 0 Å². The smallest absolute Gasteiger partial charge is 0.123 e. The summed E-state index contributed by atoms with van der Waals surface area (Å²) in [7, 11) is 0. The van der Waals surface area contributed by atoms with Crippen LogP contribution in [0.15, 0.2) is 36.5 Å². The van der Waals surface area contributed by atoms with E-state index in [2.05, 4.69) is 23.3 Å². The summed E-state index contributed by atoms with van der Waals surface area (Å²) in [6, 6.07) is 9.28. The highest BCUT2D eigenvalue weighted by Crippen LogP contribution is 2.21. The molecule has 0 saturated heterocycles. The fraction of sp³-hybridized carbons (Fsp3) is 0.389. The van der Waals surface area contributed by atoms with Gasteiger partial charge in [-0.2, -0.15) is 0 Å². The number of hydrogen-bond acceptors (Lipinski definition) is 2. The molecule has 2 rings (SSSR count). The Balaban J connectivity index is 2.23. The number of rotatable bonds is 6. The van der Waals surface area contributed by atoms with Crippen LogP contribution in [-0.2, 0) is 6.42 Å². The Morgan fingerprint density at radius 1 is 1.19 bits per heavy atom. The predicted molar refractivity (Wildman–Crippen MR) is 84.8 cm³/mol. The van der Waals surface area contributed by atoms with E-state index >= 15 is 0 Å². The summed E-state index contributed by atoms with van der Waals surface area (Å²) in [6.45, 7) is 7.09. The second-order valence-electron chi connectivity index (χ2n) is 5.51. The zero-order valence-electron chi connectivity index (χ0n) is 13.0. The van der Waals surface area contributed by atoms with E-state index in [-0.39, 0.29) is 11.9 Å². The van der Waals surface area contributed by atoms with Gasteiger partial charge in [0.1, 0.15) is 5.82 Å². The van der Waals surface area contributed by atoms with Gasteiger partial charge in [-0.15, -0.1) is 0 Å². The van der Waals surface area contributed by atoms with Crippen molar-refractivity contribution in [3.05, 3.63) is 64.7 Å². The molecule has 1 N–H and O–H groups in total. The first-order valence-corrected chi connectivity index (χ1v) is 7.51. The van der Waals surface area contributed by atoms with Crippen molar-refractivity contribution >= 4 is 0 Å². The van der Waals surface area contributed by atoms with Gasteiger partial charge in [0.05, 0.1) is 0 Å². The lowest BCUT2D eigenvalue weighted by molar-refractivity contribution is 0.524. The van der Waals surface area contributed by atoms with Crippen LogP contribution in [0, 0.1) is 19.7 Å². The van der Waals surface area contributed by atoms with Crippen LogP contribution in [0.4, 0.5) is 4.39 Å². The van der Waals surface area contributed by atoms with Crippen molar-refractivity contribution in [1.82, 2.24) is 10.3 Å². The monoisotopic (exact) mass is 286 g/mol. The highest BCUT2D eigenvalue weighted by molar-refractivity contribution is 5.29. The highest BCUT2D eigenvalue weighted by atomic mass is 19.1. The molecule has 0 fully saturated rings. The van der Waals surface area contributed by atoms with Crippen LogP contribution in [0.3, 0.4) is 0 Å². The number of benzene rings is 1. The molecular weight excluding hydrogens is 263 g/mol. The molecule has 1 unspecified atom stereocenters. The maximum atomic E-state index is 13.5. The van der Waals surface area contributed by atoms with Crippen LogP contribution in [-0.4, -0.2) is 11.5 Å². The van der Waals surface area contributed by atoms with Crippen LogP contribution in [0.25, 0.3) is 0 Å². The molecule has 1 heterocycles. The van der Waals surface area contributed by atoms with E-state index in [0.717, 1.165) is 41.8 Å². The van der Waals surface area contributed by atoms with Crippen molar-refractivity contribution in [3.8, 4) is 0 Å². The zero-order valence-corrected chi connectivity index (χ0v) is 13.0. The third-order valence-corrected chi connectivity index (χ3v) is 3.71. The molecule has 0 aliphatic rings. The average molecular weight is 286 g/mol. The lowest BCUT2D eigenvalue weighted by Crippen LogP contribution is -2.24. The van der Waals surface area contributed by atoms with E-state index in [1.807, 2.05) is 32.2 Å². The van der Waals surface area contributed by atoms with Crippen LogP contribution in [0.5, 0.6) is 0 Å². The van der Waals surface area contributed by atoms with Crippen molar-refractivity contribution in [2.45, 2.75) is 39.7 Å². The van der Waals surface area contributed by atoms with Crippen molar-refractivity contribution in [2.75, 3.05) is 6.54 Å². The van der Waals surface area contributed by atoms with Gasteiger partial charge in [0, 0.05) is 17.9 Å². The molecule has 0 amide bonds. The molecule has 0 radical (unpaired) electrons. The second kappa shape index (κ2) is 7.32. The molecule has 2 aromatic rings. The third kappa shape index (κ3) is 4.36. The Labute approximate surface area is 126 Å². The fourth-order valence-corrected chi connectivity index (χ4v) is 2.39. The Morgan fingerprint density at radius 2 is 2.00 bits per heavy atom. The number of pyridine rings is 1. The first-order chi connectivity index (χ1) is 10.1. The van der Waals surface area contributed by atoms with Crippen molar-refractivity contribution in [1.29, 1.82) is 0 Å². The first-order valence-electron chi connectivity index (χ1n) is 7.51. The average Bonchev–Trinajstić information content (AvgIpc) is 2.48. The Morgan fingerprint density at radius 3 is 2.67 bits per heavy atom. The summed E-state index contributed by atoms with van der Waals surface area (Å²) >= 11 is 0. The highest BCUT2D eigenvalue weighted by Gasteiger charge is 2.13. The van der Waals surface area contributed by atoms with Gasteiger partial charge < -0.3 is 5.32 Å². The number of nitrogens with one attached hydrogen (secondary N) is 1. The fourth-order valence-electron chi connectivity index (χ4n) is 2.39. The molecule has 0 saturated carbocycles. The summed E-state index contributed by atoms with van der Waals surface area (Å²) in [5.74, 6) is -0.174. The molecule has 0 spiro atoms. The Kier molecular flexibility index (Phi) is 5.45. The first kappa shape index (κ1) is 15.6. The van der Waals surface area contributed by atoms with Gasteiger partial charge in [0.2, 0.25) is 0 Å². The maximum Gasteiger partial charge on any atom is 0.123 e. The third-order valence-electron chi connectivity index (χ3n) is 3.71. The molecule has 1 atom stereocenters.